The van der Waals surface area contributed by atoms with Crippen molar-refractivity contribution in [2.75, 3.05) is 14.2 Å². The molecule has 9 nitrogen and oxygen atoms in total. The summed E-state index contributed by atoms with van der Waals surface area (Å²) in [7, 11) is 2.73. The van der Waals surface area contributed by atoms with Crippen LogP contribution in [0.15, 0.2) is 58.3 Å². The molecule has 31 heavy (non-hydrogen) atoms. The van der Waals surface area contributed by atoms with Crippen LogP contribution < -0.4 is 15.9 Å². The summed E-state index contributed by atoms with van der Waals surface area (Å²) in [5.74, 6) is -1.70. The quantitative estimate of drug-likeness (QED) is 0.472. The number of H-pyrrole nitrogens is 1. The second-order valence-corrected chi connectivity index (χ2v) is 6.92. The summed E-state index contributed by atoms with van der Waals surface area (Å²) in [6, 6.07) is 11.6. The Labute approximate surface area is 175 Å². The average molecular weight is 421 g/mol. The van der Waals surface area contributed by atoms with Gasteiger partial charge in [0.1, 0.15) is 11.4 Å². The van der Waals surface area contributed by atoms with E-state index < -0.39 is 28.9 Å². The van der Waals surface area contributed by atoms with Crippen LogP contribution in [0.25, 0.3) is 16.6 Å². The molecule has 0 aliphatic carbocycles. The SMILES string of the molecule is COC(=O)CC(c1cc2cc(OC)ccc2[nH]c1=O)c1c(O)nc2ccccn2c1=O. The molecule has 158 valence electrons. The molecule has 0 spiro atoms. The van der Waals surface area contributed by atoms with Crippen LogP contribution >= 0.6 is 0 Å². The van der Waals surface area contributed by atoms with Gasteiger partial charge in [0.15, 0.2) is 0 Å². The molecule has 0 bridgehead atoms. The van der Waals surface area contributed by atoms with Gasteiger partial charge in [-0.25, -0.2) is 0 Å². The largest absolute Gasteiger partial charge is 0.497 e. The molecule has 0 aliphatic rings. The highest BCUT2D eigenvalue weighted by Crippen LogP contribution is 2.31. The monoisotopic (exact) mass is 421 g/mol. The highest BCUT2D eigenvalue weighted by atomic mass is 16.5. The Balaban J connectivity index is 2.00. The second-order valence-electron chi connectivity index (χ2n) is 6.92. The number of nitrogens with one attached hydrogen (secondary N) is 1. The van der Waals surface area contributed by atoms with Crippen LogP contribution in [0.2, 0.25) is 0 Å². The van der Waals surface area contributed by atoms with Crippen molar-refractivity contribution in [3.05, 3.63) is 80.5 Å². The van der Waals surface area contributed by atoms with Crippen LogP contribution in [0.4, 0.5) is 0 Å². The van der Waals surface area contributed by atoms with Gasteiger partial charge in [-0.3, -0.25) is 18.8 Å². The molecule has 0 saturated heterocycles. The van der Waals surface area contributed by atoms with Crippen LogP contribution in [0.1, 0.15) is 23.5 Å². The van der Waals surface area contributed by atoms with Crippen molar-refractivity contribution in [3.63, 3.8) is 0 Å². The van der Waals surface area contributed by atoms with Gasteiger partial charge in [-0.2, -0.15) is 4.98 Å². The average Bonchev–Trinajstić information content (AvgIpc) is 2.77. The molecule has 1 atom stereocenters. The van der Waals surface area contributed by atoms with E-state index in [2.05, 4.69) is 9.97 Å². The van der Waals surface area contributed by atoms with Crippen LogP contribution in [0.3, 0.4) is 0 Å². The number of rotatable bonds is 5. The number of benzene rings is 1. The van der Waals surface area contributed by atoms with Crippen molar-refractivity contribution in [1.29, 1.82) is 0 Å². The summed E-state index contributed by atoms with van der Waals surface area (Å²) >= 11 is 0. The standard InChI is InChI=1S/C22H19N3O6/c1-30-13-6-7-16-12(9-13)10-15(20(27)23-16)14(11-18(26)31-2)19-21(28)24-17-5-3-4-8-25(17)22(19)29/h3-10,14,28H,11H2,1-2H3,(H,23,27). The third-order valence-corrected chi connectivity index (χ3v) is 5.15. The number of aromatic nitrogens is 3. The van der Waals surface area contributed by atoms with Crippen molar-refractivity contribution in [3.8, 4) is 11.6 Å². The van der Waals surface area contributed by atoms with E-state index in [0.717, 1.165) is 0 Å². The lowest BCUT2D eigenvalue weighted by molar-refractivity contribution is -0.140. The minimum absolute atomic E-state index is 0.122. The number of fused-ring (bicyclic) bond motifs is 2. The summed E-state index contributed by atoms with van der Waals surface area (Å²) in [5, 5.41) is 11.2. The van der Waals surface area contributed by atoms with Crippen molar-refractivity contribution < 1.29 is 19.4 Å². The molecule has 0 radical (unpaired) electrons. The summed E-state index contributed by atoms with van der Waals surface area (Å²) in [5.41, 5.74) is -0.324. The molecule has 2 N–H and O–H groups in total. The Morgan fingerprint density at radius 2 is 2.00 bits per heavy atom. The lowest BCUT2D eigenvalue weighted by atomic mass is 9.89. The Bertz CT molecular complexity index is 1420. The zero-order valence-corrected chi connectivity index (χ0v) is 16.8. The van der Waals surface area contributed by atoms with E-state index in [4.69, 9.17) is 9.47 Å². The fraction of sp³-hybridized carbons (Fsp3) is 0.182. The zero-order valence-electron chi connectivity index (χ0n) is 16.8. The Morgan fingerprint density at radius 3 is 2.74 bits per heavy atom. The normalized spacial score (nSPS) is 12.1. The zero-order chi connectivity index (χ0) is 22.1. The molecule has 0 saturated carbocycles. The number of nitrogens with zero attached hydrogens (tertiary/aromatic N) is 2. The predicted molar refractivity (Wildman–Crippen MR) is 113 cm³/mol. The Morgan fingerprint density at radius 1 is 1.19 bits per heavy atom. The van der Waals surface area contributed by atoms with Gasteiger partial charge in [0, 0.05) is 28.6 Å². The maximum absolute atomic E-state index is 13.2. The number of aromatic hydroxyl groups is 1. The van der Waals surface area contributed by atoms with Gasteiger partial charge in [0.05, 0.1) is 26.2 Å². The molecular formula is C22H19N3O6. The van der Waals surface area contributed by atoms with Crippen molar-refractivity contribution in [2.24, 2.45) is 0 Å². The van der Waals surface area contributed by atoms with Gasteiger partial charge < -0.3 is 19.6 Å². The molecule has 4 rings (SSSR count). The first-order valence-corrected chi connectivity index (χ1v) is 9.41. The maximum Gasteiger partial charge on any atom is 0.306 e. The van der Waals surface area contributed by atoms with Crippen LogP contribution in [0, 0.1) is 0 Å². The topological polar surface area (TPSA) is 123 Å². The number of aromatic amines is 1. The van der Waals surface area contributed by atoms with Gasteiger partial charge in [-0.15, -0.1) is 0 Å². The first-order valence-electron chi connectivity index (χ1n) is 9.41. The number of methoxy groups -OCH3 is 2. The molecule has 3 aromatic heterocycles. The number of hydrogen-bond donors (Lipinski definition) is 2. The summed E-state index contributed by atoms with van der Waals surface area (Å²) in [6.45, 7) is 0. The molecule has 0 aliphatic heterocycles. The molecule has 3 heterocycles. The number of carbonyl (C=O) groups excluding carboxylic acids is 1. The lowest BCUT2D eigenvalue weighted by Gasteiger charge is -2.17. The first kappa shape index (κ1) is 20.1. The van der Waals surface area contributed by atoms with Crippen LogP contribution in [-0.4, -0.2) is 39.7 Å². The maximum atomic E-state index is 13.2. The molecule has 0 fully saturated rings. The predicted octanol–water partition coefficient (Wildman–Crippen LogP) is 1.95. The molecular weight excluding hydrogens is 402 g/mol. The fourth-order valence-electron chi connectivity index (χ4n) is 3.60. The summed E-state index contributed by atoms with van der Waals surface area (Å²) in [4.78, 5) is 45.1. The minimum atomic E-state index is -1.08. The number of hydrogen-bond acceptors (Lipinski definition) is 7. The molecule has 1 aromatic carbocycles. The Hall–Kier alpha value is -4.14. The van der Waals surface area contributed by atoms with E-state index in [-0.39, 0.29) is 23.2 Å². The molecule has 0 amide bonds. The van der Waals surface area contributed by atoms with E-state index in [1.165, 1.54) is 24.8 Å². The highest BCUT2D eigenvalue weighted by Gasteiger charge is 2.29. The van der Waals surface area contributed by atoms with Gasteiger partial charge in [0.2, 0.25) is 5.88 Å². The third-order valence-electron chi connectivity index (χ3n) is 5.15. The van der Waals surface area contributed by atoms with Gasteiger partial charge >= 0.3 is 5.97 Å². The van der Waals surface area contributed by atoms with Crippen molar-refractivity contribution in [1.82, 2.24) is 14.4 Å². The van der Waals surface area contributed by atoms with Crippen molar-refractivity contribution >= 4 is 22.5 Å². The molecule has 9 heteroatoms. The van der Waals surface area contributed by atoms with Crippen LogP contribution in [0.5, 0.6) is 11.6 Å². The number of esters is 1. The molecule has 1 unspecified atom stereocenters. The van der Waals surface area contributed by atoms with E-state index in [1.807, 2.05) is 0 Å². The van der Waals surface area contributed by atoms with Gasteiger partial charge in [-0.05, 0) is 36.4 Å². The fourth-order valence-corrected chi connectivity index (χ4v) is 3.60. The smallest absolute Gasteiger partial charge is 0.306 e. The second kappa shape index (κ2) is 7.94. The van der Waals surface area contributed by atoms with E-state index >= 15 is 0 Å². The minimum Gasteiger partial charge on any atom is -0.497 e. The summed E-state index contributed by atoms with van der Waals surface area (Å²) in [6.07, 6.45) is 1.16. The van der Waals surface area contributed by atoms with Gasteiger partial charge in [-0.1, -0.05) is 6.07 Å². The number of carbonyl (C=O) groups is 1. The van der Waals surface area contributed by atoms with E-state index in [1.54, 1.807) is 42.5 Å². The van der Waals surface area contributed by atoms with E-state index in [0.29, 0.717) is 16.7 Å². The van der Waals surface area contributed by atoms with E-state index in [9.17, 15) is 19.5 Å². The Kier molecular flexibility index (Phi) is 5.16. The highest BCUT2D eigenvalue weighted by molar-refractivity contribution is 5.81. The number of pyridine rings is 2. The van der Waals surface area contributed by atoms with Crippen LogP contribution in [-0.2, 0) is 9.53 Å². The van der Waals surface area contributed by atoms with Crippen molar-refractivity contribution in [2.45, 2.75) is 12.3 Å². The summed E-state index contributed by atoms with van der Waals surface area (Å²) < 4.78 is 11.3. The lowest BCUT2D eigenvalue weighted by Crippen LogP contribution is -2.27. The first-order chi connectivity index (χ1) is 14.9. The third kappa shape index (κ3) is 3.61. The molecule has 4 aromatic rings. The number of ether oxygens (including phenoxy) is 2. The van der Waals surface area contributed by atoms with Gasteiger partial charge in [0.25, 0.3) is 11.1 Å².